The lowest BCUT2D eigenvalue weighted by Gasteiger charge is -2.33. The molecule has 122 valence electrons. The van der Waals surface area contributed by atoms with Gasteiger partial charge in [-0.05, 0) is 36.4 Å². The van der Waals surface area contributed by atoms with E-state index in [0.717, 1.165) is 54.0 Å². The van der Waals surface area contributed by atoms with Crippen molar-refractivity contribution in [2.24, 2.45) is 0 Å². The van der Waals surface area contributed by atoms with Crippen molar-refractivity contribution >= 4 is 16.7 Å². The molecule has 3 heterocycles. The average molecular weight is 321 g/mol. The number of nitrogens with zero attached hydrogens (tertiary/aromatic N) is 4. The van der Waals surface area contributed by atoms with E-state index in [1.54, 1.807) is 18.6 Å². The number of piperazine rings is 1. The minimum atomic E-state index is -0.0963. The fraction of sp³-hybridized carbons (Fsp3) is 0.278. The van der Waals surface area contributed by atoms with E-state index >= 15 is 0 Å². The second-order valence-corrected chi connectivity index (χ2v) is 6.16. The van der Waals surface area contributed by atoms with Crippen LogP contribution < -0.4 is 10.5 Å². The van der Waals surface area contributed by atoms with Crippen molar-refractivity contribution < 1.29 is 0 Å². The van der Waals surface area contributed by atoms with Crippen LogP contribution in [0.25, 0.3) is 22.0 Å². The zero-order valence-corrected chi connectivity index (χ0v) is 13.6. The molecule has 4 rings (SSSR count). The number of anilines is 1. The Kier molecular flexibility index (Phi) is 3.74. The zero-order valence-electron chi connectivity index (χ0n) is 13.6. The van der Waals surface area contributed by atoms with Crippen LogP contribution in [0.4, 0.5) is 5.82 Å². The maximum Gasteiger partial charge on any atom is 0.247 e. The van der Waals surface area contributed by atoms with Crippen LogP contribution >= 0.6 is 0 Å². The minimum Gasteiger partial charge on any atom is -0.353 e. The van der Waals surface area contributed by atoms with E-state index in [4.69, 9.17) is 0 Å². The normalized spacial score (nSPS) is 15.8. The van der Waals surface area contributed by atoms with E-state index < -0.39 is 0 Å². The third-order valence-electron chi connectivity index (χ3n) is 4.53. The molecule has 1 aliphatic rings. The summed E-state index contributed by atoms with van der Waals surface area (Å²) in [7, 11) is 2.14. The Morgan fingerprint density at radius 2 is 1.79 bits per heavy atom. The number of fused-ring (bicyclic) bond motifs is 1. The molecule has 24 heavy (non-hydrogen) atoms. The van der Waals surface area contributed by atoms with Gasteiger partial charge in [-0.15, -0.1) is 0 Å². The first-order valence-corrected chi connectivity index (χ1v) is 8.08. The Balaban J connectivity index is 1.78. The summed E-state index contributed by atoms with van der Waals surface area (Å²) < 4.78 is 0. The van der Waals surface area contributed by atoms with Gasteiger partial charge in [0.25, 0.3) is 0 Å². The highest BCUT2D eigenvalue weighted by molar-refractivity contribution is 5.92. The third-order valence-corrected chi connectivity index (χ3v) is 4.53. The van der Waals surface area contributed by atoms with Gasteiger partial charge in [0.1, 0.15) is 12.1 Å². The maximum atomic E-state index is 11.3. The van der Waals surface area contributed by atoms with Gasteiger partial charge in [-0.25, -0.2) is 9.97 Å². The highest BCUT2D eigenvalue weighted by Gasteiger charge is 2.18. The Morgan fingerprint density at radius 3 is 2.54 bits per heavy atom. The number of likely N-dealkylation sites (N-methyl/N-ethyl adjacent to an activating group) is 1. The molecule has 0 amide bonds. The molecule has 0 bridgehead atoms. The second kappa shape index (κ2) is 6.05. The molecule has 0 atom stereocenters. The zero-order chi connectivity index (χ0) is 16.5. The van der Waals surface area contributed by atoms with Crippen LogP contribution in [0.1, 0.15) is 0 Å². The molecule has 0 radical (unpaired) electrons. The SMILES string of the molecule is CN1CCN(c2ncnc3ccc(-c4ccc(=O)[nH]c4)cc23)CC1. The molecule has 0 aliphatic carbocycles. The quantitative estimate of drug-likeness (QED) is 0.779. The summed E-state index contributed by atoms with van der Waals surface area (Å²) in [4.78, 5) is 27.6. The Morgan fingerprint density at radius 1 is 1.00 bits per heavy atom. The molecule has 6 nitrogen and oxygen atoms in total. The van der Waals surface area contributed by atoms with E-state index in [1.165, 1.54) is 0 Å². The molecule has 3 aromatic rings. The molecule has 2 aromatic heterocycles. The monoisotopic (exact) mass is 321 g/mol. The van der Waals surface area contributed by atoms with Crippen LogP contribution in [0.2, 0.25) is 0 Å². The Hall–Kier alpha value is -2.73. The Bertz CT molecular complexity index is 908. The molecular weight excluding hydrogens is 302 g/mol. The fourth-order valence-electron chi connectivity index (χ4n) is 3.08. The standard InChI is InChI=1S/C18H19N5O/c1-22-6-8-23(9-7-22)18-15-10-13(2-4-16(15)20-12-21-18)14-3-5-17(24)19-11-14/h2-5,10-12H,6-9H2,1H3,(H,19,24). The molecule has 1 N–H and O–H groups in total. The van der Waals surface area contributed by atoms with E-state index in [1.807, 2.05) is 18.2 Å². The fourth-order valence-corrected chi connectivity index (χ4v) is 3.08. The number of hydrogen-bond donors (Lipinski definition) is 1. The number of rotatable bonds is 2. The third kappa shape index (κ3) is 2.76. The first-order chi connectivity index (χ1) is 11.7. The highest BCUT2D eigenvalue weighted by Crippen LogP contribution is 2.28. The smallest absolute Gasteiger partial charge is 0.247 e. The minimum absolute atomic E-state index is 0.0963. The van der Waals surface area contributed by atoms with Gasteiger partial charge in [0.05, 0.1) is 5.52 Å². The largest absolute Gasteiger partial charge is 0.353 e. The van der Waals surface area contributed by atoms with Crippen molar-refractivity contribution in [3.63, 3.8) is 0 Å². The van der Waals surface area contributed by atoms with Crippen molar-refractivity contribution in [1.82, 2.24) is 19.9 Å². The van der Waals surface area contributed by atoms with Gasteiger partial charge < -0.3 is 14.8 Å². The van der Waals surface area contributed by atoms with Gasteiger partial charge in [0, 0.05) is 43.8 Å². The van der Waals surface area contributed by atoms with Crippen molar-refractivity contribution in [3.8, 4) is 11.1 Å². The number of nitrogens with one attached hydrogen (secondary N) is 1. The summed E-state index contributed by atoms with van der Waals surface area (Å²) in [5.74, 6) is 0.986. The first-order valence-electron chi connectivity index (χ1n) is 8.08. The molecule has 6 heteroatoms. The molecule has 1 aliphatic heterocycles. The number of aromatic amines is 1. The number of hydrogen-bond acceptors (Lipinski definition) is 5. The van der Waals surface area contributed by atoms with E-state index in [-0.39, 0.29) is 5.56 Å². The van der Waals surface area contributed by atoms with Gasteiger partial charge in [-0.2, -0.15) is 0 Å². The topological polar surface area (TPSA) is 65.1 Å². The summed E-state index contributed by atoms with van der Waals surface area (Å²) >= 11 is 0. The summed E-state index contributed by atoms with van der Waals surface area (Å²) in [6, 6.07) is 9.52. The lowest BCUT2D eigenvalue weighted by atomic mass is 10.0. The molecule has 0 saturated carbocycles. The van der Waals surface area contributed by atoms with Gasteiger partial charge in [0.15, 0.2) is 0 Å². The molecule has 1 fully saturated rings. The van der Waals surface area contributed by atoms with Crippen LogP contribution in [-0.2, 0) is 0 Å². The highest BCUT2D eigenvalue weighted by atomic mass is 16.1. The predicted molar refractivity (Wildman–Crippen MR) is 95.3 cm³/mol. The first kappa shape index (κ1) is 14.8. The van der Waals surface area contributed by atoms with E-state index in [0.29, 0.717) is 0 Å². The van der Waals surface area contributed by atoms with Crippen molar-refractivity contribution in [3.05, 3.63) is 53.2 Å². The van der Waals surface area contributed by atoms with Gasteiger partial charge in [0.2, 0.25) is 5.56 Å². The summed E-state index contributed by atoms with van der Waals surface area (Å²) in [6.45, 7) is 3.99. The average Bonchev–Trinajstić information content (AvgIpc) is 2.62. The van der Waals surface area contributed by atoms with Crippen LogP contribution in [0.3, 0.4) is 0 Å². The van der Waals surface area contributed by atoms with Gasteiger partial charge in [-0.1, -0.05) is 6.07 Å². The van der Waals surface area contributed by atoms with Crippen LogP contribution in [-0.4, -0.2) is 53.1 Å². The van der Waals surface area contributed by atoms with Crippen LogP contribution in [0.5, 0.6) is 0 Å². The number of pyridine rings is 1. The van der Waals surface area contributed by atoms with Gasteiger partial charge in [-0.3, -0.25) is 4.79 Å². The number of aromatic nitrogens is 3. The summed E-state index contributed by atoms with van der Waals surface area (Å²) in [6.07, 6.45) is 3.37. The summed E-state index contributed by atoms with van der Waals surface area (Å²) in [5.41, 5.74) is 2.86. The van der Waals surface area contributed by atoms with E-state index in [9.17, 15) is 4.79 Å². The van der Waals surface area contributed by atoms with Crippen molar-refractivity contribution in [2.45, 2.75) is 0 Å². The molecule has 1 saturated heterocycles. The predicted octanol–water partition coefficient (Wildman–Crippen LogP) is 1.74. The molecular formula is C18H19N5O. The lowest BCUT2D eigenvalue weighted by molar-refractivity contribution is 0.312. The number of H-pyrrole nitrogens is 1. The van der Waals surface area contributed by atoms with Crippen molar-refractivity contribution in [1.29, 1.82) is 0 Å². The molecule has 0 unspecified atom stereocenters. The molecule has 1 aromatic carbocycles. The van der Waals surface area contributed by atoms with Crippen molar-refractivity contribution in [2.75, 3.05) is 38.1 Å². The van der Waals surface area contributed by atoms with Gasteiger partial charge >= 0.3 is 0 Å². The summed E-state index contributed by atoms with van der Waals surface area (Å²) in [5, 5.41) is 1.05. The van der Waals surface area contributed by atoms with E-state index in [2.05, 4.69) is 37.9 Å². The number of benzene rings is 1. The maximum absolute atomic E-state index is 11.3. The van der Waals surface area contributed by atoms with Crippen LogP contribution in [0, 0.1) is 0 Å². The lowest BCUT2D eigenvalue weighted by Crippen LogP contribution is -2.44. The molecule has 0 spiro atoms. The Labute approximate surface area is 139 Å². The van der Waals surface area contributed by atoms with Crippen LogP contribution in [0.15, 0.2) is 47.7 Å². The second-order valence-electron chi connectivity index (χ2n) is 6.16.